The first kappa shape index (κ1) is 20.6. The van der Waals surface area contributed by atoms with Gasteiger partial charge in [0, 0.05) is 31.5 Å². The van der Waals surface area contributed by atoms with E-state index in [0.29, 0.717) is 13.1 Å². The van der Waals surface area contributed by atoms with Crippen LogP contribution in [-0.4, -0.2) is 45.5 Å². The molecule has 2 aromatic rings. The van der Waals surface area contributed by atoms with Gasteiger partial charge in [0.25, 0.3) is 15.9 Å². The third kappa shape index (κ3) is 4.63. The minimum atomic E-state index is -4.05. The Morgan fingerprint density at radius 2 is 1.82 bits per heavy atom. The zero-order valence-electron chi connectivity index (χ0n) is 15.2. The van der Waals surface area contributed by atoms with Gasteiger partial charge in [-0.2, -0.15) is 0 Å². The van der Waals surface area contributed by atoms with E-state index < -0.39 is 15.8 Å². The first-order valence-electron chi connectivity index (χ1n) is 8.70. The summed E-state index contributed by atoms with van der Waals surface area (Å²) in [6, 6.07) is 9.04. The Morgan fingerprint density at radius 3 is 2.43 bits per heavy atom. The molecule has 0 saturated carbocycles. The second-order valence-corrected chi connectivity index (χ2v) is 8.54. The number of likely N-dealkylation sites (tertiary alicyclic amines) is 1. The van der Waals surface area contributed by atoms with Crippen LogP contribution in [-0.2, 0) is 14.8 Å². The average molecular weight is 427 g/mol. The van der Waals surface area contributed by atoms with Crippen LogP contribution >= 0.6 is 11.6 Å². The van der Waals surface area contributed by atoms with Gasteiger partial charge in [-0.25, -0.2) is 12.8 Å². The average Bonchev–Trinajstić information content (AvgIpc) is 2.69. The van der Waals surface area contributed by atoms with Gasteiger partial charge in [0.2, 0.25) is 0 Å². The van der Waals surface area contributed by atoms with Gasteiger partial charge in [0.15, 0.2) is 0 Å². The number of anilines is 1. The molecule has 0 radical (unpaired) electrons. The molecule has 0 aliphatic carbocycles. The summed E-state index contributed by atoms with van der Waals surface area (Å²) < 4.78 is 46.1. The van der Waals surface area contributed by atoms with E-state index in [1.807, 2.05) is 0 Å². The van der Waals surface area contributed by atoms with Crippen LogP contribution in [0.1, 0.15) is 23.2 Å². The molecule has 0 atom stereocenters. The molecule has 1 heterocycles. The maximum Gasteiger partial charge on any atom is 0.263 e. The number of hydrogen-bond acceptors (Lipinski definition) is 4. The van der Waals surface area contributed by atoms with Crippen molar-refractivity contribution in [2.45, 2.75) is 23.8 Å². The lowest BCUT2D eigenvalue weighted by molar-refractivity contribution is 0.0350. The number of nitrogens with zero attached hydrogens (tertiary/aromatic N) is 1. The Hall–Kier alpha value is -2.16. The fraction of sp³-hybridized carbons (Fsp3) is 0.316. The molecule has 1 fully saturated rings. The van der Waals surface area contributed by atoms with E-state index in [2.05, 4.69) is 4.72 Å². The van der Waals surface area contributed by atoms with E-state index in [9.17, 15) is 17.6 Å². The predicted octanol–water partition coefficient (Wildman–Crippen LogP) is 3.53. The molecule has 3 rings (SSSR count). The van der Waals surface area contributed by atoms with Gasteiger partial charge >= 0.3 is 0 Å². The number of hydrogen-bond donors (Lipinski definition) is 1. The highest BCUT2D eigenvalue weighted by atomic mass is 35.5. The second kappa shape index (κ2) is 8.46. The predicted molar refractivity (Wildman–Crippen MR) is 105 cm³/mol. The summed E-state index contributed by atoms with van der Waals surface area (Å²) in [6.45, 7) is 1.08. The van der Waals surface area contributed by atoms with Crippen molar-refractivity contribution in [3.05, 3.63) is 58.9 Å². The summed E-state index contributed by atoms with van der Waals surface area (Å²) in [7, 11) is -2.41. The van der Waals surface area contributed by atoms with Crippen molar-refractivity contribution < 1.29 is 22.3 Å². The van der Waals surface area contributed by atoms with Crippen LogP contribution in [0.4, 0.5) is 10.1 Å². The van der Waals surface area contributed by atoms with Gasteiger partial charge in [0.05, 0.1) is 11.1 Å². The van der Waals surface area contributed by atoms with Gasteiger partial charge in [-0.3, -0.25) is 9.52 Å². The summed E-state index contributed by atoms with van der Waals surface area (Å²) in [5.74, 6) is -0.740. The summed E-state index contributed by atoms with van der Waals surface area (Å²) in [5, 5.41) is -0.00995. The smallest absolute Gasteiger partial charge is 0.263 e. The van der Waals surface area contributed by atoms with Crippen molar-refractivity contribution in [1.29, 1.82) is 0 Å². The van der Waals surface area contributed by atoms with Crippen molar-refractivity contribution >= 4 is 33.2 Å². The number of carbonyl (C=O) groups is 1. The molecule has 1 saturated heterocycles. The van der Waals surface area contributed by atoms with E-state index in [1.54, 1.807) is 12.0 Å². The molecule has 2 aromatic carbocycles. The number of carbonyl (C=O) groups excluding carboxylic acids is 1. The summed E-state index contributed by atoms with van der Waals surface area (Å²) in [4.78, 5) is 14.2. The van der Waals surface area contributed by atoms with Gasteiger partial charge in [-0.05, 0) is 55.3 Å². The molecule has 1 aliphatic heterocycles. The van der Waals surface area contributed by atoms with Crippen LogP contribution in [0.3, 0.4) is 0 Å². The van der Waals surface area contributed by atoms with E-state index in [1.165, 1.54) is 30.3 Å². The van der Waals surface area contributed by atoms with Crippen molar-refractivity contribution in [2.75, 3.05) is 24.9 Å². The number of nitrogens with one attached hydrogen (secondary N) is 1. The molecule has 6 nitrogen and oxygen atoms in total. The Labute approximate surface area is 168 Å². The molecule has 28 heavy (non-hydrogen) atoms. The molecule has 150 valence electrons. The minimum Gasteiger partial charge on any atom is -0.381 e. The molecule has 1 aliphatic rings. The molecule has 0 aromatic heterocycles. The molecule has 9 heteroatoms. The van der Waals surface area contributed by atoms with Crippen LogP contribution in [0.25, 0.3) is 0 Å². The Balaban J connectivity index is 1.82. The van der Waals surface area contributed by atoms with E-state index in [0.717, 1.165) is 25.0 Å². The molecule has 1 amide bonds. The zero-order valence-corrected chi connectivity index (χ0v) is 16.8. The maximum absolute atomic E-state index is 13.0. The standard InChI is InChI=1S/C19H20ClFN2O4S/c1-27-16-8-10-23(11-9-16)19(24)13-2-7-17(20)18(12-13)28(25,26)22-15-5-3-14(21)4-6-15/h2-7,12,16,22H,8-11H2,1H3. The number of benzene rings is 2. The molecule has 0 bridgehead atoms. The van der Waals surface area contributed by atoms with Crippen LogP contribution in [0.5, 0.6) is 0 Å². The molecular formula is C19H20ClFN2O4S. The molecule has 1 N–H and O–H groups in total. The zero-order chi connectivity index (χ0) is 20.3. The fourth-order valence-electron chi connectivity index (χ4n) is 3.05. The molecule has 0 unspecified atom stereocenters. The lowest BCUT2D eigenvalue weighted by atomic mass is 10.1. The Kier molecular flexibility index (Phi) is 6.22. The van der Waals surface area contributed by atoms with Crippen molar-refractivity contribution in [1.82, 2.24) is 4.90 Å². The van der Waals surface area contributed by atoms with Crippen LogP contribution in [0.2, 0.25) is 5.02 Å². The topological polar surface area (TPSA) is 75.7 Å². The quantitative estimate of drug-likeness (QED) is 0.793. The van der Waals surface area contributed by atoms with Crippen LogP contribution < -0.4 is 4.72 Å². The normalized spacial score (nSPS) is 15.5. The van der Waals surface area contributed by atoms with Crippen LogP contribution in [0.15, 0.2) is 47.4 Å². The number of rotatable bonds is 5. The van der Waals surface area contributed by atoms with Crippen molar-refractivity contribution in [3.8, 4) is 0 Å². The second-order valence-electron chi connectivity index (χ2n) is 6.48. The Bertz CT molecular complexity index is 958. The SMILES string of the molecule is COC1CCN(C(=O)c2ccc(Cl)c(S(=O)(=O)Nc3ccc(F)cc3)c2)CC1. The maximum atomic E-state index is 13.0. The van der Waals surface area contributed by atoms with Gasteiger partial charge in [0.1, 0.15) is 10.7 Å². The van der Waals surface area contributed by atoms with E-state index in [4.69, 9.17) is 16.3 Å². The van der Waals surface area contributed by atoms with Crippen LogP contribution in [0, 0.1) is 5.82 Å². The lowest BCUT2D eigenvalue weighted by Crippen LogP contribution is -2.40. The summed E-state index contributed by atoms with van der Waals surface area (Å²) in [6.07, 6.45) is 1.59. The number of sulfonamides is 1. The largest absolute Gasteiger partial charge is 0.381 e. The van der Waals surface area contributed by atoms with E-state index >= 15 is 0 Å². The number of ether oxygens (including phenoxy) is 1. The highest BCUT2D eigenvalue weighted by molar-refractivity contribution is 7.92. The molecule has 0 spiro atoms. The van der Waals surface area contributed by atoms with Gasteiger partial charge < -0.3 is 9.64 Å². The number of halogens is 2. The first-order valence-corrected chi connectivity index (χ1v) is 10.6. The summed E-state index contributed by atoms with van der Waals surface area (Å²) >= 11 is 6.08. The van der Waals surface area contributed by atoms with Gasteiger partial charge in [-0.1, -0.05) is 11.6 Å². The minimum absolute atomic E-state index is 0.00995. The number of methoxy groups -OCH3 is 1. The third-order valence-corrected chi connectivity index (χ3v) is 6.49. The number of piperidine rings is 1. The highest BCUT2D eigenvalue weighted by Gasteiger charge is 2.26. The third-order valence-electron chi connectivity index (χ3n) is 4.63. The monoisotopic (exact) mass is 426 g/mol. The molecular weight excluding hydrogens is 407 g/mol. The van der Waals surface area contributed by atoms with Crippen molar-refractivity contribution in [3.63, 3.8) is 0 Å². The Morgan fingerprint density at radius 1 is 1.18 bits per heavy atom. The first-order chi connectivity index (χ1) is 13.3. The summed E-state index contributed by atoms with van der Waals surface area (Å²) in [5.41, 5.74) is 0.426. The number of amides is 1. The highest BCUT2D eigenvalue weighted by Crippen LogP contribution is 2.26. The van der Waals surface area contributed by atoms with Crippen molar-refractivity contribution in [2.24, 2.45) is 0 Å². The lowest BCUT2D eigenvalue weighted by Gasteiger charge is -2.31. The van der Waals surface area contributed by atoms with Gasteiger partial charge in [-0.15, -0.1) is 0 Å². The fourth-order valence-corrected chi connectivity index (χ4v) is 4.63. The van der Waals surface area contributed by atoms with E-state index in [-0.39, 0.29) is 33.2 Å².